The molecule has 0 radical (unpaired) electrons. The molecular formula is C20H19F2N5O2S. The molecule has 0 atom stereocenters. The zero-order valence-electron chi connectivity index (χ0n) is 16.3. The van der Waals surface area contributed by atoms with Crippen LogP contribution in [0.3, 0.4) is 0 Å². The number of anilines is 1. The molecule has 0 saturated carbocycles. The third-order valence-electron chi connectivity index (χ3n) is 4.04. The minimum Gasteiger partial charge on any atom is -0.346 e. The minimum absolute atomic E-state index is 0.0302. The van der Waals surface area contributed by atoms with Crippen molar-refractivity contribution in [2.45, 2.75) is 19.0 Å². The molecular weight excluding hydrogens is 412 g/mol. The van der Waals surface area contributed by atoms with Crippen molar-refractivity contribution in [2.75, 3.05) is 17.6 Å². The van der Waals surface area contributed by atoms with Gasteiger partial charge in [0, 0.05) is 17.4 Å². The van der Waals surface area contributed by atoms with Gasteiger partial charge in [-0.15, -0.1) is 10.2 Å². The largest absolute Gasteiger partial charge is 0.346 e. The topological polar surface area (TPSA) is 88.9 Å². The van der Waals surface area contributed by atoms with Crippen molar-refractivity contribution in [1.82, 2.24) is 20.1 Å². The highest BCUT2D eigenvalue weighted by molar-refractivity contribution is 7.99. The maximum atomic E-state index is 13.2. The number of carbonyl (C=O) groups is 2. The standard InChI is InChI=1S/C20H19F2N5O2S/c1-12-4-3-5-15(8-12)27-13(2)25-26-20(27)30-11-19(29)23-10-18(28)24-14-6-7-16(21)17(22)9-14/h3-9H,10-11H2,1-2H3,(H,23,29)(H,24,28). The summed E-state index contributed by atoms with van der Waals surface area (Å²) < 4.78 is 27.9. The predicted molar refractivity (Wildman–Crippen MR) is 110 cm³/mol. The van der Waals surface area contributed by atoms with Crippen LogP contribution in [0, 0.1) is 25.5 Å². The molecule has 0 aliphatic heterocycles. The molecule has 2 aromatic carbocycles. The summed E-state index contributed by atoms with van der Waals surface area (Å²) in [6.07, 6.45) is 0. The van der Waals surface area contributed by atoms with Crippen molar-refractivity contribution in [3.05, 3.63) is 65.5 Å². The summed E-state index contributed by atoms with van der Waals surface area (Å²) in [4.78, 5) is 24.0. The highest BCUT2D eigenvalue weighted by atomic mass is 32.2. The van der Waals surface area contributed by atoms with Crippen LogP contribution in [0.1, 0.15) is 11.4 Å². The number of aryl methyl sites for hydroxylation is 2. The van der Waals surface area contributed by atoms with Crippen molar-refractivity contribution in [2.24, 2.45) is 0 Å². The summed E-state index contributed by atoms with van der Waals surface area (Å²) in [5.74, 6) is -2.29. The van der Waals surface area contributed by atoms with Gasteiger partial charge in [-0.25, -0.2) is 8.78 Å². The van der Waals surface area contributed by atoms with Crippen molar-refractivity contribution in [3.8, 4) is 5.69 Å². The lowest BCUT2D eigenvalue weighted by Crippen LogP contribution is -2.34. The first kappa shape index (κ1) is 21.4. The second-order valence-electron chi connectivity index (χ2n) is 6.45. The summed E-state index contributed by atoms with van der Waals surface area (Å²) in [6, 6.07) is 10.8. The lowest BCUT2D eigenvalue weighted by Gasteiger charge is -2.09. The van der Waals surface area contributed by atoms with Crippen molar-refractivity contribution >= 4 is 29.3 Å². The number of rotatable bonds is 7. The summed E-state index contributed by atoms with van der Waals surface area (Å²) in [6.45, 7) is 3.50. The molecule has 3 rings (SSSR count). The van der Waals surface area contributed by atoms with E-state index in [1.165, 1.54) is 17.8 Å². The van der Waals surface area contributed by atoms with Gasteiger partial charge in [0.05, 0.1) is 12.3 Å². The predicted octanol–water partition coefficient (Wildman–Crippen LogP) is 3.01. The van der Waals surface area contributed by atoms with Gasteiger partial charge in [-0.1, -0.05) is 23.9 Å². The van der Waals surface area contributed by atoms with E-state index in [0.29, 0.717) is 11.0 Å². The average Bonchev–Trinajstić information content (AvgIpc) is 3.08. The highest BCUT2D eigenvalue weighted by Gasteiger charge is 2.14. The Morgan fingerprint density at radius 3 is 2.57 bits per heavy atom. The van der Waals surface area contributed by atoms with Gasteiger partial charge in [0.15, 0.2) is 16.8 Å². The molecule has 10 heteroatoms. The second kappa shape index (κ2) is 9.49. The number of amides is 2. The zero-order valence-corrected chi connectivity index (χ0v) is 17.1. The van der Waals surface area contributed by atoms with Crippen molar-refractivity contribution < 1.29 is 18.4 Å². The van der Waals surface area contributed by atoms with E-state index in [0.717, 1.165) is 23.4 Å². The van der Waals surface area contributed by atoms with Gasteiger partial charge in [0.25, 0.3) is 0 Å². The molecule has 0 fully saturated rings. The normalized spacial score (nSPS) is 10.7. The van der Waals surface area contributed by atoms with Gasteiger partial charge in [-0.3, -0.25) is 14.2 Å². The van der Waals surface area contributed by atoms with Crippen LogP contribution in [-0.2, 0) is 9.59 Å². The van der Waals surface area contributed by atoms with E-state index < -0.39 is 17.5 Å². The average molecular weight is 431 g/mol. The maximum Gasteiger partial charge on any atom is 0.243 e. The number of nitrogens with one attached hydrogen (secondary N) is 2. The molecule has 0 bridgehead atoms. The lowest BCUT2D eigenvalue weighted by molar-refractivity contribution is -0.122. The van der Waals surface area contributed by atoms with Crippen LogP contribution in [0.4, 0.5) is 14.5 Å². The number of hydrogen-bond acceptors (Lipinski definition) is 5. The molecule has 3 aromatic rings. The number of thioether (sulfide) groups is 1. The highest BCUT2D eigenvalue weighted by Crippen LogP contribution is 2.22. The SMILES string of the molecule is Cc1cccc(-n2c(C)nnc2SCC(=O)NCC(=O)Nc2ccc(F)c(F)c2)c1. The van der Waals surface area contributed by atoms with E-state index in [-0.39, 0.29) is 23.9 Å². The third kappa shape index (κ3) is 5.41. The molecule has 0 spiro atoms. The van der Waals surface area contributed by atoms with Crippen LogP contribution >= 0.6 is 11.8 Å². The number of hydrogen-bond donors (Lipinski definition) is 2. The Morgan fingerprint density at radius 1 is 1.03 bits per heavy atom. The van der Waals surface area contributed by atoms with Gasteiger partial charge in [-0.2, -0.15) is 0 Å². The first-order valence-corrected chi connectivity index (χ1v) is 9.95. The molecule has 0 aliphatic rings. The van der Waals surface area contributed by atoms with Gasteiger partial charge < -0.3 is 10.6 Å². The van der Waals surface area contributed by atoms with E-state index in [1.807, 2.05) is 42.7 Å². The van der Waals surface area contributed by atoms with Gasteiger partial charge in [0.2, 0.25) is 11.8 Å². The van der Waals surface area contributed by atoms with E-state index in [2.05, 4.69) is 20.8 Å². The van der Waals surface area contributed by atoms with E-state index in [1.54, 1.807) is 0 Å². The van der Waals surface area contributed by atoms with E-state index in [9.17, 15) is 18.4 Å². The zero-order chi connectivity index (χ0) is 21.7. The first-order valence-electron chi connectivity index (χ1n) is 8.97. The number of carbonyl (C=O) groups excluding carboxylic acids is 2. The van der Waals surface area contributed by atoms with E-state index in [4.69, 9.17) is 0 Å². The number of nitrogens with zero attached hydrogens (tertiary/aromatic N) is 3. The molecule has 30 heavy (non-hydrogen) atoms. The fourth-order valence-electron chi connectivity index (χ4n) is 2.64. The molecule has 2 N–H and O–H groups in total. The molecule has 7 nitrogen and oxygen atoms in total. The van der Waals surface area contributed by atoms with Gasteiger partial charge in [0.1, 0.15) is 5.82 Å². The Balaban J connectivity index is 1.53. The summed E-state index contributed by atoms with van der Waals surface area (Å²) >= 11 is 1.19. The number of halogens is 2. The monoisotopic (exact) mass is 431 g/mol. The van der Waals surface area contributed by atoms with Crippen molar-refractivity contribution in [1.29, 1.82) is 0 Å². The molecule has 1 aromatic heterocycles. The smallest absolute Gasteiger partial charge is 0.243 e. The summed E-state index contributed by atoms with van der Waals surface area (Å²) in [5, 5.41) is 13.6. The number of aromatic nitrogens is 3. The van der Waals surface area contributed by atoms with Crippen LogP contribution in [0.25, 0.3) is 5.69 Å². The first-order chi connectivity index (χ1) is 14.3. The minimum atomic E-state index is -1.07. The Morgan fingerprint density at radius 2 is 1.83 bits per heavy atom. The molecule has 1 heterocycles. The Bertz CT molecular complexity index is 1090. The third-order valence-corrected chi connectivity index (χ3v) is 4.97. The molecule has 0 unspecified atom stereocenters. The Hall–Kier alpha value is -3.27. The lowest BCUT2D eigenvalue weighted by atomic mass is 10.2. The van der Waals surface area contributed by atoms with Crippen LogP contribution in [0.2, 0.25) is 0 Å². The fourth-order valence-corrected chi connectivity index (χ4v) is 3.47. The van der Waals surface area contributed by atoms with Crippen LogP contribution in [0.5, 0.6) is 0 Å². The van der Waals surface area contributed by atoms with Gasteiger partial charge in [-0.05, 0) is 43.7 Å². The Labute approximate surface area is 175 Å². The summed E-state index contributed by atoms with van der Waals surface area (Å²) in [7, 11) is 0. The molecule has 2 amide bonds. The fraction of sp³-hybridized carbons (Fsp3) is 0.200. The maximum absolute atomic E-state index is 13.2. The van der Waals surface area contributed by atoms with Crippen LogP contribution < -0.4 is 10.6 Å². The van der Waals surface area contributed by atoms with Gasteiger partial charge >= 0.3 is 0 Å². The van der Waals surface area contributed by atoms with Crippen molar-refractivity contribution in [3.63, 3.8) is 0 Å². The Kier molecular flexibility index (Phi) is 6.78. The quantitative estimate of drug-likeness (QED) is 0.562. The van der Waals surface area contributed by atoms with Crippen LogP contribution in [-0.4, -0.2) is 38.9 Å². The molecule has 0 saturated heterocycles. The summed E-state index contributed by atoms with van der Waals surface area (Å²) in [5.41, 5.74) is 2.08. The molecule has 156 valence electrons. The van der Waals surface area contributed by atoms with Crippen LogP contribution in [0.15, 0.2) is 47.6 Å². The van der Waals surface area contributed by atoms with E-state index >= 15 is 0 Å². The number of benzene rings is 2. The molecule has 0 aliphatic carbocycles. The second-order valence-corrected chi connectivity index (χ2v) is 7.39.